The molecular weight excluding hydrogens is 282 g/mol. The van der Waals surface area contributed by atoms with Gasteiger partial charge < -0.3 is 0 Å². The van der Waals surface area contributed by atoms with Crippen LogP contribution in [-0.4, -0.2) is 0 Å². The number of hydrogen-bond donors (Lipinski definition) is 0. The zero-order chi connectivity index (χ0) is 9.30. The summed E-state index contributed by atoms with van der Waals surface area (Å²) in [6, 6.07) is 3.37. The minimum absolute atomic E-state index is 0.134. The summed E-state index contributed by atoms with van der Waals surface area (Å²) in [5.74, 6) is 0. The summed E-state index contributed by atoms with van der Waals surface area (Å²) in [7, 11) is 0. The Hall–Kier alpha value is 0.570. The topological polar surface area (TPSA) is 0 Å². The fraction of sp³-hybridized carbons (Fsp3) is 0.250. The van der Waals surface area contributed by atoms with Crippen LogP contribution in [0.4, 0.5) is 0 Å². The van der Waals surface area contributed by atoms with Crippen molar-refractivity contribution in [2.24, 2.45) is 0 Å². The predicted octanol–water partition coefficient (Wildman–Crippen LogP) is 5.10. The van der Waals surface area contributed by atoms with E-state index in [-0.39, 0.29) is 4.83 Å². The quantitative estimate of drug-likeness (QED) is 0.630. The molecule has 4 heteroatoms. The van der Waals surface area contributed by atoms with Crippen molar-refractivity contribution in [3.05, 3.63) is 32.8 Å². The minimum Gasteiger partial charge on any atom is -0.0842 e. The largest absolute Gasteiger partial charge is 0.0842 e. The first-order valence-corrected chi connectivity index (χ1v) is 5.36. The van der Waals surface area contributed by atoms with Gasteiger partial charge in [0.05, 0.1) is 0 Å². The first kappa shape index (κ1) is 10.6. The number of hydrogen-bond acceptors (Lipinski definition) is 0. The van der Waals surface area contributed by atoms with Crippen molar-refractivity contribution >= 4 is 50.7 Å². The molecule has 1 rings (SSSR count). The van der Waals surface area contributed by atoms with Crippen molar-refractivity contribution in [1.82, 2.24) is 0 Å². The predicted molar refractivity (Wildman–Crippen MR) is 58.8 cm³/mol. The van der Waals surface area contributed by atoms with Crippen molar-refractivity contribution in [2.45, 2.75) is 11.8 Å². The van der Waals surface area contributed by atoms with E-state index in [0.717, 1.165) is 5.56 Å². The summed E-state index contributed by atoms with van der Waals surface area (Å²) in [4.78, 5) is 0.134. The van der Waals surface area contributed by atoms with E-state index in [1.165, 1.54) is 0 Å². The summed E-state index contributed by atoms with van der Waals surface area (Å²) in [5.41, 5.74) is 0.878. The molecular formula is C8H6BrCl3. The minimum atomic E-state index is 0.134. The molecule has 66 valence electrons. The van der Waals surface area contributed by atoms with Crippen LogP contribution >= 0.6 is 50.7 Å². The molecule has 0 aliphatic rings. The van der Waals surface area contributed by atoms with Gasteiger partial charge in [-0.2, -0.15) is 0 Å². The average molecular weight is 288 g/mol. The maximum Gasteiger partial charge on any atom is 0.0478 e. The van der Waals surface area contributed by atoms with Gasteiger partial charge in [-0.25, -0.2) is 0 Å². The van der Waals surface area contributed by atoms with Gasteiger partial charge in [0.25, 0.3) is 0 Å². The second kappa shape index (κ2) is 4.19. The van der Waals surface area contributed by atoms with Crippen LogP contribution in [-0.2, 0) is 0 Å². The van der Waals surface area contributed by atoms with Gasteiger partial charge >= 0.3 is 0 Å². The van der Waals surface area contributed by atoms with Crippen LogP contribution in [0, 0.1) is 0 Å². The SMILES string of the molecule is CC(Br)c1c(Cl)cc(Cl)cc1Cl. The van der Waals surface area contributed by atoms with Gasteiger partial charge in [0.1, 0.15) is 0 Å². The second-order valence-electron chi connectivity index (χ2n) is 2.40. The molecule has 0 N–H and O–H groups in total. The van der Waals surface area contributed by atoms with E-state index in [0.29, 0.717) is 15.1 Å². The maximum absolute atomic E-state index is 5.93. The molecule has 1 unspecified atom stereocenters. The van der Waals surface area contributed by atoms with Crippen LogP contribution in [0.1, 0.15) is 17.3 Å². The number of benzene rings is 1. The van der Waals surface area contributed by atoms with E-state index >= 15 is 0 Å². The highest BCUT2D eigenvalue weighted by atomic mass is 79.9. The molecule has 1 aromatic carbocycles. The lowest BCUT2D eigenvalue weighted by Crippen LogP contribution is -1.87. The molecule has 0 aliphatic heterocycles. The van der Waals surface area contributed by atoms with Crippen LogP contribution in [0.2, 0.25) is 15.1 Å². The van der Waals surface area contributed by atoms with Gasteiger partial charge in [0, 0.05) is 25.5 Å². The molecule has 1 aromatic rings. The third-order valence-electron chi connectivity index (χ3n) is 1.44. The molecule has 0 aromatic heterocycles. The lowest BCUT2D eigenvalue weighted by Gasteiger charge is -2.09. The van der Waals surface area contributed by atoms with E-state index in [2.05, 4.69) is 15.9 Å². The number of rotatable bonds is 1. The maximum atomic E-state index is 5.93. The van der Waals surface area contributed by atoms with Crippen LogP contribution in [0.5, 0.6) is 0 Å². The van der Waals surface area contributed by atoms with E-state index in [9.17, 15) is 0 Å². The van der Waals surface area contributed by atoms with Crippen LogP contribution < -0.4 is 0 Å². The molecule has 12 heavy (non-hydrogen) atoms. The fourth-order valence-corrected chi connectivity index (χ4v) is 2.83. The van der Waals surface area contributed by atoms with E-state index < -0.39 is 0 Å². The molecule has 0 amide bonds. The third kappa shape index (κ3) is 2.29. The zero-order valence-corrected chi connectivity index (χ0v) is 10.1. The highest BCUT2D eigenvalue weighted by Gasteiger charge is 2.11. The lowest BCUT2D eigenvalue weighted by molar-refractivity contribution is 1.12. The number of halogens is 4. The molecule has 0 nitrogen and oxygen atoms in total. The molecule has 0 saturated carbocycles. The van der Waals surface area contributed by atoms with Crippen molar-refractivity contribution < 1.29 is 0 Å². The van der Waals surface area contributed by atoms with Crippen molar-refractivity contribution in [1.29, 1.82) is 0 Å². The summed E-state index contributed by atoms with van der Waals surface area (Å²) >= 11 is 21.0. The molecule has 0 saturated heterocycles. The van der Waals surface area contributed by atoms with Gasteiger partial charge in [-0.15, -0.1) is 0 Å². The average Bonchev–Trinajstić information content (AvgIpc) is 1.82. The smallest absolute Gasteiger partial charge is 0.0478 e. The fourth-order valence-electron chi connectivity index (χ4n) is 0.933. The Kier molecular flexibility index (Phi) is 3.72. The summed E-state index contributed by atoms with van der Waals surface area (Å²) in [5, 5.41) is 1.75. The third-order valence-corrected chi connectivity index (χ3v) is 2.74. The second-order valence-corrected chi connectivity index (χ2v) is 5.02. The first-order valence-electron chi connectivity index (χ1n) is 3.31. The lowest BCUT2D eigenvalue weighted by atomic mass is 10.2. The van der Waals surface area contributed by atoms with Gasteiger partial charge in [0.2, 0.25) is 0 Å². The number of alkyl halides is 1. The molecule has 1 atom stereocenters. The Balaban J connectivity index is 3.28. The van der Waals surface area contributed by atoms with Crippen molar-refractivity contribution in [3.63, 3.8) is 0 Å². The van der Waals surface area contributed by atoms with Gasteiger partial charge in [-0.1, -0.05) is 50.7 Å². The van der Waals surface area contributed by atoms with E-state index in [1.807, 2.05) is 6.92 Å². The highest BCUT2D eigenvalue weighted by molar-refractivity contribution is 9.09. The van der Waals surface area contributed by atoms with Gasteiger partial charge in [-0.05, 0) is 19.1 Å². The Labute approximate surface area is 94.9 Å². The van der Waals surface area contributed by atoms with Crippen molar-refractivity contribution in [3.8, 4) is 0 Å². The molecule has 0 heterocycles. The standard InChI is InChI=1S/C8H6BrCl3/c1-4(9)8-6(11)2-5(10)3-7(8)12/h2-4H,1H3. The Morgan fingerprint density at radius 1 is 1.17 bits per heavy atom. The summed E-state index contributed by atoms with van der Waals surface area (Å²) < 4.78 is 0. The van der Waals surface area contributed by atoms with Crippen LogP contribution in [0.25, 0.3) is 0 Å². The van der Waals surface area contributed by atoms with Crippen molar-refractivity contribution in [2.75, 3.05) is 0 Å². The molecule has 0 spiro atoms. The van der Waals surface area contributed by atoms with Crippen LogP contribution in [0.15, 0.2) is 12.1 Å². The van der Waals surface area contributed by atoms with Crippen LogP contribution in [0.3, 0.4) is 0 Å². The molecule has 0 radical (unpaired) electrons. The zero-order valence-electron chi connectivity index (χ0n) is 6.24. The molecule has 0 fully saturated rings. The normalized spacial score (nSPS) is 13.1. The van der Waals surface area contributed by atoms with Gasteiger partial charge in [0.15, 0.2) is 0 Å². The first-order chi connectivity index (χ1) is 5.52. The molecule has 0 bridgehead atoms. The van der Waals surface area contributed by atoms with E-state index in [1.54, 1.807) is 12.1 Å². The van der Waals surface area contributed by atoms with Gasteiger partial charge in [-0.3, -0.25) is 0 Å². The summed E-state index contributed by atoms with van der Waals surface area (Å²) in [6.07, 6.45) is 0. The summed E-state index contributed by atoms with van der Waals surface area (Å²) in [6.45, 7) is 1.96. The Bertz CT molecular complexity index is 273. The van der Waals surface area contributed by atoms with E-state index in [4.69, 9.17) is 34.8 Å². The highest BCUT2D eigenvalue weighted by Crippen LogP contribution is 2.36. The molecule has 0 aliphatic carbocycles. The monoisotopic (exact) mass is 286 g/mol. The Morgan fingerprint density at radius 3 is 1.92 bits per heavy atom. The Morgan fingerprint density at radius 2 is 1.58 bits per heavy atom.